The predicted octanol–water partition coefficient (Wildman–Crippen LogP) is 2.73. The van der Waals surface area contributed by atoms with Crippen molar-refractivity contribution in [2.75, 3.05) is 13.3 Å². The molecule has 7 nitrogen and oxygen atoms in total. The number of thioether (sulfide) groups is 1. The molecule has 0 saturated carbocycles. The Labute approximate surface area is 162 Å². The molecule has 3 rings (SSSR count). The summed E-state index contributed by atoms with van der Waals surface area (Å²) in [7, 11) is 1.73. The molecule has 3 amide bonds. The maximum Gasteiger partial charge on any atom is 0.319 e. The van der Waals surface area contributed by atoms with Gasteiger partial charge in [-0.3, -0.25) is 4.79 Å². The molecule has 0 spiro atoms. The van der Waals surface area contributed by atoms with Gasteiger partial charge in [-0.2, -0.15) is 0 Å². The molecule has 8 heteroatoms. The highest BCUT2D eigenvalue weighted by Crippen LogP contribution is 2.29. The SMILES string of the molecule is CSc1ccc(C2NC(=O)NC(C)=C2C(=O)N(C)Cc2ncc(C)[nH]2)cc1. The first kappa shape index (κ1) is 19.0. The lowest BCUT2D eigenvalue weighted by atomic mass is 9.94. The number of imidazole rings is 1. The second-order valence-electron chi connectivity index (χ2n) is 6.52. The molecule has 1 unspecified atom stereocenters. The Morgan fingerprint density at radius 2 is 1.96 bits per heavy atom. The molecule has 0 bridgehead atoms. The third-order valence-electron chi connectivity index (χ3n) is 4.44. The standard InChI is InChI=1S/C19H23N5O2S/c1-11-9-20-15(21-11)10-24(3)18(25)16-12(2)22-19(26)23-17(16)13-5-7-14(27-4)8-6-13/h5-9,17H,10H2,1-4H3,(H,20,21)(H2,22,23,26). The number of allylic oxidation sites excluding steroid dienone is 1. The molecule has 2 heterocycles. The Morgan fingerprint density at radius 3 is 2.56 bits per heavy atom. The van der Waals surface area contributed by atoms with Crippen molar-refractivity contribution in [3.05, 3.63) is 58.8 Å². The van der Waals surface area contributed by atoms with Crippen LogP contribution in [0.25, 0.3) is 0 Å². The molecule has 1 aromatic heterocycles. The summed E-state index contributed by atoms with van der Waals surface area (Å²) in [4.78, 5) is 35.3. The van der Waals surface area contributed by atoms with E-state index < -0.39 is 6.04 Å². The number of rotatable bonds is 5. The number of aryl methyl sites for hydroxylation is 1. The van der Waals surface area contributed by atoms with Gasteiger partial charge in [0.2, 0.25) is 0 Å². The van der Waals surface area contributed by atoms with Crippen molar-refractivity contribution in [3.8, 4) is 0 Å². The van der Waals surface area contributed by atoms with E-state index in [1.165, 1.54) is 0 Å². The molecule has 0 aliphatic carbocycles. The van der Waals surface area contributed by atoms with E-state index >= 15 is 0 Å². The number of carbonyl (C=O) groups excluding carboxylic acids is 2. The van der Waals surface area contributed by atoms with Crippen molar-refractivity contribution >= 4 is 23.7 Å². The van der Waals surface area contributed by atoms with Crippen molar-refractivity contribution in [2.45, 2.75) is 31.3 Å². The maximum absolute atomic E-state index is 13.2. The average Bonchev–Trinajstić information content (AvgIpc) is 3.05. The average molecular weight is 385 g/mol. The van der Waals surface area contributed by atoms with Gasteiger partial charge in [-0.1, -0.05) is 12.1 Å². The van der Waals surface area contributed by atoms with Gasteiger partial charge in [-0.05, 0) is 37.8 Å². The number of carbonyl (C=O) groups is 2. The van der Waals surface area contributed by atoms with E-state index in [9.17, 15) is 9.59 Å². The minimum absolute atomic E-state index is 0.159. The monoisotopic (exact) mass is 385 g/mol. The molecule has 2 aromatic rings. The van der Waals surface area contributed by atoms with E-state index in [2.05, 4.69) is 20.6 Å². The highest BCUT2D eigenvalue weighted by molar-refractivity contribution is 7.98. The highest BCUT2D eigenvalue weighted by atomic mass is 32.2. The topological polar surface area (TPSA) is 90.1 Å². The first-order valence-corrected chi connectivity index (χ1v) is 9.79. The van der Waals surface area contributed by atoms with Crippen LogP contribution in [0.1, 0.15) is 30.0 Å². The molecule has 0 saturated heterocycles. The fourth-order valence-electron chi connectivity index (χ4n) is 3.07. The van der Waals surface area contributed by atoms with Gasteiger partial charge in [0.25, 0.3) is 5.91 Å². The number of likely N-dealkylation sites (N-methyl/N-ethyl adjacent to an activating group) is 1. The summed E-state index contributed by atoms with van der Waals surface area (Å²) < 4.78 is 0. The van der Waals surface area contributed by atoms with Crippen LogP contribution in [0.2, 0.25) is 0 Å². The van der Waals surface area contributed by atoms with Crippen LogP contribution in [-0.4, -0.2) is 40.1 Å². The molecule has 142 valence electrons. The normalized spacial score (nSPS) is 16.7. The van der Waals surface area contributed by atoms with E-state index in [-0.39, 0.29) is 11.9 Å². The number of hydrogen-bond acceptors (Lipinski definition) is 4. The lowest BCUT2D eigenvalue weighted by Crippen LogP contribution is -2.47. The van der Waals surface area contributed by atoms with E-state index in [4.69, 9.17) is 0 Å². The van der Waals surface area contributed by atoms with Crippen LogP contribution in [0.5, 0.6) is 0 Å². The van der Waals surface area contributed by atoms with Crippen molar-refractivity contribution < 1.29 is 9.59 Å². The number of amides is 3. The number of aromatic amines is 1. The van der Waals surface area contributed by atoms with Gasteiger partial charge in [0.05, 0.1) is 18.2 Å². The van der Waals surface area contributed by atoms with Crippen LogP contribution < -0.4 is 10.6 Å². The van der Waals surface area contributed by atoms with Gasteiger partial charge < -0.3 is 20.5 Å². The third kappa shape index (κ3) is 4.16. The Morgan fingerprint density at radius 1 is 1.26 bits per heavy atom. The lowest BCUT2D eigenvalue weighted by molar-refractivity contribution is -0.127. The third-order valence-corrected chi connectivity index (χ3v) is 5.18. The van der Waals surface area contributed by atoms with E-state index in [0.717, 1.165) is 22.0 Å². The molecule has 1 aromatic carbocycles. The maximum atomic E-state index is 13.2. The summed E-state index contributed by atoms with van der Waals surface area (Å²) in [6.07, 6.45) is 3.74. The second kappa shape index (κ2) is 7.87. The van der Waals surface area contributed by atoms with Crippen LogP contribution in [0.4, 0.5) is 4.79 Å². The summed E-state index contributed by atoms with van der Waals surface area (Å²) in [5, 5.41) is 5.58. The molecule has 27 heavy (non-hydrogen) atoms. The van der Waals surface area contributed by atoms with Crippen LogP contribution >= 0.6 is 11.8 Å². The van der Waals surface area contributed by atoms with Gasteiger partial charge in [-0.15, -0.1) is 11.8 Å². The van der Waals surface area contributed by atoms with E-state index in [0.29, 0.717) is 17.8 Å². The summed E-state index contributed by atoms with van der Waals surface area (Å²) in [6.45, 7) is 4.02. The van der Waals surface area contributed by atoms with Gasteiger partial charge in [0.15, 0.2) is 0 Å². The smallest absolute Gasteiger partial charge is 0.319 e. The van der Waals surface area contributed by atoms with Gasteiger partial charge >= 0.3 is 6.03 Å². The number of urea groups is 1. The fraction of sp³-hybridized carbons (Fsp3) is 0.316. The van der Waals surface area contributed by atoms with Crippen molar-refractivity contribution in [2.24, 2.45) is 0 Å². The zero-order valence-electron chi connectivity index (χ0n) is 15.8. The number of H-pyrrole nitrogens is 1. The molecule has 1 aliphatic rings. The lowest BCUT2D eigenvalue weighted by Gasteiger charge is -2.31. The molecule has 1 atom stereocenters. The Hall–Kier alpha value is -2.74. The summed E-state index contributed by atoms with van der Waals surface area (Å²) >= 11 is 1.64. The van der Waals surface area contributed by atoms with Gasteiger partial charge in [0.1, 0.15) is 5.82 Å². The predicted molar refractivity (Wildman–Crippen MR) is 105 cm³/mol. The minimum atomic E-state index is -0.497. The molecule has 0 fully saturated rings. The summed E-state index contributed by atoms with van der Waals surface area (Å²) in [5.41, 5.74) is 2.90. The first-order chi connectivity index (χ1) is 12.9. The van der Waals surface area contributed by atoms with Gasteiger partial charge in [0, 0.05) is 29.5 Å². The van der Waals surface area contributed by atoms with Crippen molar-refractivity contribution in [3.63, 3.8) is 0 Å². The number of nitrogens with one attached hydrogen (secondary N) is 3. The zero-order valence-corrected chi connectivity index (χ0v) is 16.6. The summed E-state index contributed by atoms with van der Waals surface area (Å²) in [6, 6.07) is 7.05. The first-order valence-electron chi connectivity index (χ1n) is 8.57. The van der Waals surface area contributed by atoms with Crippen LogP contribution in [0.15, 0.2) is 46.6 Å². The fourth-order valence-corrected chi connectivity index (χ4v) is 3.48. The van der Waals surface area contributed by atoms with E-state index in [1.807, 2.05) is 37.4 Å². The number of aromatic nitrogens is 2. The highest BCUT2D eigenvalue weighted by Gasteiger charge is 2.32. The number of hydrogen-bond donors (Lipinski definition) is 3. The minimum Gasteiger partial charge on any atom is -0.345 e. The van der Waals surface area contributed by atoms with E-state index in [1.54, 1.807) is 36.8 Å². The molecular formula is C19H23N5O2S. The molecule has 3 N–H and O–H groups in total. The largest absolute Gasteiger partial charge is 0.345 e. The molecule has 1 aliphatic heterocycles. The van der Waals surface area contributed by atoms with Crippen LogP contribution in [-0.2, 0) is 11.3 Å². The van der Waals surface area contributed by atoms with Crippen molar-refractivity contribution in [1.82, 2.24) is 25.5 Å². The number of nitrogens with zero attached hydrogens (tertiary/aromatic N) is 2. The van der Waals surface area contributed by atoms with Gasteiger partial charge in [-0.25, -0.2) is 9.78 Å². The molecule has 0 radical (unpaired) electrons. The zero-order chi connectivity index (χ0) is 19.6. The Bertz CT molecular complexity index is 888. The van der Waals surface area contributed by atoms with Crippen LogP contribution in [0, 0.1) is 6.92 Å². The summed E-state index contributed by atoms with van der Waals surface area (Å²) in [5.74, 6) is 0.559. The second-order valence-corrected chi connectivity index (χ2v) is 7.40. The number of benzene rings is 1. The Balaban J connectivity index is 1.89. The Kier molecular flexibility index (Phi) is 5.55. The molecular weight excluding hydrogens is 362 g/mol. The van der Waals surface area contributed by atoms with Crippen molar-refractivity contribution in [1.29, 1.82) is 0 Å². The van der Waals surface area contributed by atoms with Crippen LogP contribution in [0.3, 0.4) is 0 Å². The quantitative estimate of drug-likeness (QED) is 0.691.